The summed E-state index contributed by atoms with van der Waals surface area (Å²) < 4.78 is 5.95. The molecule has 29 heavy (non-hydrogen) atoms. The molecule has 2 heterocycles. The third-order valence-corrected chi connectivity index (χ3v) is 5.35. The summed E-state index contributed by atoms with van der Waals surface area (Å²) in [4.78, 5) is 27.1. The van der Waals surface area contributed by atoms with Gasteiger partial charge in [-0.1, -0.05) is 63.0 Å². The van der Waals surface area contributed by atoms with Crippen molar-refractivity contribution in [1.82, 2.24) is 5.16 Å². The van der Waals surface area contributed by atoms with E-state index in [1.54, 1.807) is 37.3 Å². The molecule has 1 aromatic heterocycles. The molecular formula is C22H17BrN2O4. The number of rotatable bonds is 3. The number of carbonyl (C=O) groups is 2. The van der Waals surface area contributed by atoms with Crippen molar-refractivity contribution in [2.45, 2.75) is 19.9 Å². The first-order valence-electron chi connectivity index (χ1n) is 8.93. The number of halogens is 1. The molecule has 7 heteroatoms. The van der Waals surface area contributed by atoms with Crippen molar-refractivity contribution >= 4 is 39.2 Å². The molecule has 0 bridgehead atoms. The quantitative estimate of drug-likeness (QED) is 0.354. The first kappa shape index (κ1) is 19.1. The summed E-state index contributed by atoms with van der Waals surface area (Å²) in [5, 5.41) is 14.9. The summed E-state index contributed by atoms with van der Waals surface area (Å²) in [6.07, 6.45) is 0. The maximum absolute atomic E-state index is 13.0. The van der Waals surface area contributed by atoms with Gasteiger partial charge in [-0.2, -0.15) is 0 Å². The average Bonchev–Trinajstić information content (AvgIpc) is 3.24. The Kier molecular flexibility index (Phi) is 4.84. The van der Waals surface area contributed by atoms with E-state index in [2.05, 4.69) is 21.1 Å². The third kappa shape index (κ3) is 3.38. The Morgan fingerprint density at radius 1 is 1.07 bits per heavy atom. The van der Waals surface area contributed by atoms with E-state index in [0.717, 1.165) is 10.0 Å². The zero-order chi connectivity index (χ0) is 20.7. The van der Waals surface area contributed by atoms with Gasteiger partial charge in [-0.15, -0.1) is 0 Å². The second kappa shape index (κ2) is 7.33. The molecule has 4 rings (SSSR count). The predicted molar refractivity (Wildman–Crippen MR) is 111 cm³/mol. The van der Waals surface area contributed by atoms with Gasteiger partial charge in [-0.05, 0) is 31.5 Å². The van der Waals surface area contributed by atoms with E-state index in [4.69, 9.17) is 4.52 Å². The van der Waals surface area contributed by atoms with Crippen LogP contribution < -0.4 is 4.90 Å². The fourth-order valence-electron chi connectivity index (χ4n) is 3.36. The van der Waals surface area contributed by atoms with Crippen LogP contribution in [-0.2, 0) is 9.59 Å². The highest BCUT2D eigenvalue weighted by atomic mass is 79.9. The van der Waals surface area contributed by atoms with Crippen LogP contribution in [0.3, 0.4) is 0 Å². The van der Waals surface area contributed by atoms with Gasteiger partial charge in [0.2, 0.25) is 0 Å². The number of benzene rings is 2. The molecule has 2 aromatic carbocycles. The number of nitrogens with zero attached hydrogens (tertiary/aromatic N) is 2. The summed E-state index contributed by atoms with van der Waals surface area (Å²) >= 11 is 3.35. The van der Waals surface area contributed by atoms with E-state index >= 15 is 0 Å². The van der Waals surface area contributed by atoms with E-state index in [-0.39, 0.29) is 17.2 Å². The molecule has 1 N–H and O–H groups in total. The molecule has 1 saturated heterocycles. The highest BCUT2D eigenvalue weighted by molar-refractivity contribution is 9.10. The zero-order valence-corrected chi connectivity index (χ0v) is 17.3. The van der Waals surface area contributed by atoms with Gasteiger partial charge in [0.1, 0.15) is 11.5 Å². The van der Waals surface area contributed by atoms with Gasteiger partial charge < -0.3 is 9.63 Å². The lowest BCUT2D eigenvalue weighted by Crippen LogP contribution is -2.29. The second-order valence-electron chi connectivity index (χ2n) is 6.88. The van der Waals surface area contributed by atoms with Crippen LogP contribution in [-0.4, -0.2) is 22.0 Å². The van der Waals surface area contributed by atoms with E-state index in [1.807, 2.05) is 31.2 Å². The SMILES string of the molecule is Cc1ccc(C2/C(=C(\O)c3ccc(Br)cc3)C(=O)C(=O)N2c2cc(C)on2)cc1. The summed E-state index contributed by atoms with van der Waals surface area (Å²) in [5.74, 6) is -1.02. The molecule has 0 spiro atoms. The van der Waals surface area contributed by atoms with Crippen LogP contribution in [0.1, 0.15) is 28.5 Å². The minimum absolute atomic E-state index is 0.0156. The fraction of sp³-hybridized carbons (Fsp3) is 0.136. The smallest absolute Gasteiger partial charge is 0.301 e. The van der Waals surface area contributed by atoms with Crippen LogP contribution in [0.5, 0.6) is 0 Å². The lowest BCUT2D eigenvalue weighted by molar-refractivity contribution is -0.132. The summed E-state index contributed by atoms with van der Waals surface area (Å²) in [6.45, 7) is 3.65. The Morgan fingerprint density at radius 3 is 2.31 bits per heavy atom. The predicted octanol–water partition coefficient (Wildman–Crippen LogP) is 4.68. The first-order valence-corrected chi connectivity index (χ1v) is 9.73. The normalized spacial score (nSPS) is 18.4. The van der Waals surface area contributed by atoms with Crippen LogP contribution in [0.2, 0.25) is 0 Å². The van der Waals surface area contributed by atoms with E-state index < -0.39 is 17.7 Å². The summed E-state index contributed by atoms with van der Waals surface area (Å²) in [7, 11) is 0. The Balaban J connectivity index is 1.93. The fourth-order valence-corrected chi connectivity index (χ4v) is 3.63. The summed E-state index contributed by atoms with van der Waals surface area (Å²) in [6, 6.07) is 15.1. The molecule has 1 aliphatic rings. The molecule has 0 saturated carbocycles. The van der Waals surface area contributed by atoms with Gasteiger partial charge in [-0.25, -0.2) is 0 Å². The summed E-state index contributed by atoms with van der Waals surface area (Å²) in [5.41, 5.74) is 2.19. The van der Waals surface area contributed by atoms with Crippen molar-refractivity contribution < 1.29 is 19.2 Å². The number of hydrogen-bond acceptors (Lipinski definition) is 5. The molecule has 0 radical (unpaired) electrons. The third-order valence-electron chi connectivity index (χ3n) is 4.82. The number of hydrogen-bond donors (Lipinski definition) is 1. The van der Waals surface area contributed by atoms with Crippen LogP contribution in [0, 0.1) is 13.8 Å². The molecular weight excluding hydrogens is 436 g/mol. The monoisotopic (exact) mass is 452 g/mol. The lowest BCUT2D eigenvalue weighted by atomic mass is 9.95. The van der Waals surface area contributed by atoms with Crippen LogP contribution >= 0.6 is 15.9 Å². The lowest BCUT2D eigenvalue weighted by Gasteiger charge is -2.23. The molecule has 146 valence electrons. The first-order chi connectivity index (χ1) is 13.9. The highest BCUT2D eigenvalue weighted by Crippen LogP contribution is 2.41. The Hall–Kier alpha value is -3.19. The number of aliphatic hydroxyl groups is 1. The number of anilines is 1. The molecule has 1 fully saturated rings. The molecule has 1 atom stereocenters. The van der Waals surface area contributed by atoms with Crippen molar-refractivity contribution in [3.8, 4) is 0 Å². The number of aromatic nitrogens is 1. The van der Waals surface area contributed by atoms with Crippen LogP contribution in [0.25, 0.3) is 5.76 Å². The minimum atomic E-state index is -0.816. The van der Waals surface area contributed by atoms with Gasteiger partial charge in [0.25, 0.3) is 5.78 Å². The van der Waals surface area contributed by atoms with Gasteiger partial charge >= 0.3 is 5.91 Å². The van der Waals surface area contributed by atoms with Crippen LogP contribution in [0.15, 0.2) is 69.2 Å². The number of carbonyl (C=O) groups excluding carboxylic acids is 2. The second-order valence-corrected chi connectivity index (χ2v) is 7.80. The maximum atomic E-state index is 13.0. The van der Waals surface area contributed by atoms with Gasteiger partial charge in [-0.3, -0.25) is 14.5 Å². The van der Waals surface area contributed by atoms with Crippen LogP contribution in [0.4, 0.5) is 5.82 Å². The van der Waals surface area contributed by atoms with Crippen molar-refractivity contribution in [3.05, 3.63) is 87.1 Å². The molecule has 1 aliphatic heterocycles. The molecule has 3 aromatic rings. The number of ketones is 1. The number of Topliss-reactive ketones (excluding diaryl/α,β-unsaturated/α-hetero) is 1. The number of amides is 1. The Bertz CT molecular complexity index is 1130. The minimum Gasteiger partial charge on any atom is -0.507 e. The maximum Gasteiger partial charge on any atom is 0.301 e. The van der Waals surface area contributed by atoms with Gasteiger partial charge in [0.15, 0.2) is 5.82 Å². The molecule has 1 unspecified atom stereocenters. The van der Waals surface area contributed by atoms with E-state index in [0.29, 0.717) is 16.9 Å². The van der Waals surface area contributed by atoms with Gasteiger partial charge in [0, 0.05) is 16.1 Å². The number of aliphatic hydroxyl groups excluding tert-OH is 1. The standard InChI is InChI=1S/C22H17BrN2O4/c1-12-3-5-14(6-4-12)19-18(20(26)15-7-9-16(23)10-8-15)21(27)22(28)25(19)17-11-13(2)29-24-17/h3-11,19,26H,1-2H3/b20-18+. The highest BCUT2D eigenvalue weighted by Gasteiger charge is 2.48. The largest absolute Gasteiger partial charge is 0.507 e. The molecule has 1 amide bonds. The zero-order valence-electron chi connectivity index (χ0n) is 15.7. The van der Waals surface area contributed by atoms with Crippen molar-refractivity contribution in [3.63, 3.8) is 0 Å². The van der Waals surface area contributed by atoms with Crippen molar-refractivity contribution in [2.24, 2.45) is 0 Å². The average molecular weight is 453 g/mol. The Morgan fingerprint density at radius 2 is 1.72 bits per heavy atom. The van der Waals surface area contributed by atoms with Gasteiger partial charge in [0.05, 0.1) is 11.6 Å². The molecule has 6 nitrogen and oxygen atoms in total. The number of aryl methyl sites for hydroxylation is 2. The molecule has 0 aliphatic carbocycles. The van der Waals surface area contributed by atoms with Crippen molar-refractivity contribution in [1.29, 1.82) is 0 Å². The Labute approximate surface area is 175 Å². The van der Waals surface area contributed by atoms with E-state index in [1.165, 1.54) is 4.90 Å². The van der Waals surface area contributed by atoms with E-state index in [9.17, 15) is 14.7 Å². The topological polar surface area (TPSA) is 83.6 Å². The van der Waals surface area contributed by atoms with Crippen molar-refractivity contribution in [2.75, 3.05) is 4.90 Å².